The Morgan fingerprint density at radius 3 is 2.50 bits per heavy atom. The van der Waals surface area contributed by atoms with Gasteiger partial charge in [-0.2, -0.15) is 0 Å². The predicted molar refractivity (Wildman–Crippen MR) is 98.9 cm³/mol. The van der Waals surface area contributed by atoms with Crippen LogP contribution in [0.1, 0.15) is 24.5 Å². The monoisotopic (exact) mass is 356 g/mol. The minimum atomic E-state index is -2.87. The van der Waals surface area contributed by atoms with Crippen molar-refractivity contribution in [2.24, 2.45) is 0 Å². The molecule has 0 fully saturated rings. The lowest BCUT2D eigenvalue weighted by molar-refractivity contribution is 0.146. The summed E-state index contributed by atoms with van der Waals surface area (Å²) in [5.74, 6) is -0.910. The van der Waals surface area contributed by atoms with Crippen molar-refractivity contribution in [2.75, 3.05) is 11.9 Å². The second kappa shape index (κ2) is 7.60. The first-order valence-electron chi connectivity index (χ1n) is 8.39. The van der Waals surface area contributed by atoms with Crippen LogP contribution in [0.3, 0.4) is 0 Å². The van der Waals surface area contributed by atoms with Crippen LogP contribution in [-0.2, 0) is 0 Å². The first-order chi connectivity index (χ1) is 12.5. The van der Waals surface area contributed by atoms with Gasteiger partial charge >= 0.3 is 0 Å². The van der Waals surface area contributed by atoms with Crippen LogP contribution in [0.15, 0.2) is 54.7 Å². The molecule has 0 radical (unpaired) electrons. The average molecular weight is 356 g/mol. The molecule has 0 unspecified atom stereocenters. The molecule has 3 rings (SSSR count). The minimum absolute atomic E-state index is 0.464. The molecule has 0 aliphatic rings. The van der Waals surface area contributed by atoms with Gasteiger partial charge in [-0.15, -0.1) is 0 Å². The summed E-state index contributed by atoms with van der Waals surface area (Å²) in [6.07, 6.45) is -1.27. The smallest absolute Gasteiger partial charge is 0.266 e. The normalized spacial score (nSPS) is 11.0. The third kappa shape index (κ3) is 3.57. The highest BCUT2D eigenvalue weighted by Crippen LogP contribution is 2.34. The van der Waals surface area contributed by atoms with E-state index in [1.54, 1.807) is 12.3 Å². The number of hydrogen-bond acceptors (Lipinski definition) is 2. The molecule has 0 bridgehead atoms. The van der Waals surface area contributed by atoms with Gasteiger partial charge in [0.15, 0.2) is 0 Å². The summed E-state index contributed by atoms with van der Waals surface area (Å²) in [5.41, 5.74) is 4.25. The molecule has 3 aromatic rings. The number of anilines is 1. The highest BCUT2D eigenvalue weighted by atomic mass is 19.3. The maximum absolute atomic E-state index is 13.6. The Morgan fingerprint density at radius 1 is 1.04 bits per heavy atom. The molecule has 5 heteroatoms. The molecule has 134 valence electrons. The molecule has 0 atom stereocenters. The van der Waals surface area contributed by atoms with Crippen molar-refractivity contribution in [3.63, 3.8) is 0 Å². The molecule has 0 aliphatic carbocycles. The van der Waals surface area contributed by atoms with Crippen LogP contribution in [0.25, 0.3) is 22.4 Å². The number of rotatable bonds is 5. The number of hydrogen-bond donors (Lipinski definition) is 1. The van der Waals surface area contributed by atoms with Crippen LogP contribution in [0, 0.1) is 12.7 Å². The zero-order valence-electron chi connectivity index (χ0n) is 14.6. The van der Waals surface area contributed by atoms with E-state index < -0.39 is 17.8 Å². The Kier molecular flexibility index (Phi) is 5.26. The molecular formula is C21H19F3N2. The van der Waals surface area contributed by atoms with E-state index in [2.05, 4.69) is 10.3 Å². The Balaban J connectivity index is 2.10. The van der Waals surface area contributed by atoms with Crippen molar-refractivity contribution >= 4 is 5.69 Å². The topological polar surface area (TPSA) is 24.9 Å². The van der Waals surface area contributed by atoms with Crippen LogP contribution in [-0.4, -0.2) is 11.5 Å². The molecule has 0 amide bonds. The van der Waals surface area contributed by atoms with E-state index >= 15 is 0 Å². The predicted octanol–water partition coefficient (Wildman–Crippen LogP) is 6.23. The molecule has 2 aromatic carbocycles. The first kappa shape index (κ1) is 18.0. The van der Waals surface area contributed by atoms with Crippen LogP contribution < -0.4 is 5.32 Å². The lowest BCUT2D eigenvalue weighted by Crippen LogP contribution is -1.99. The first-order valence-corrected chi connectivity index (χ1v) is 8.39. The zero-order valence-corrected chi connectivity index (χ0v) is 14.6. The van der Waals surface area contributed by atoms with Crippen molar-refractivity contribution in [3.8, 4) is 22.4 Å². The number of halogens is 3. The van der Waals surface area contributed by atoms with E-state index in [1.807, 2.05) is 38.1 Å². The Hall–Kier alpha value is -2.82. The fourth-order valence-corrected chi connectivity index (χ4v) is 2.95. The van der Waals surface area contributed by atoms with E-state index in [1.165, 1.54) is 12.1 Å². The molecule has 1 heterocycles. The third-order valence-electron chi connectivity index (χ3n) is 4.22. The summed E-state index contributed by atoms with van der Waals surface area (Å²) in [6, 6.07) is 13.4. The number of nitrogens with zero attached hydrogens (tertiary/aromatic N) is 1. The number of aromatic nitrogens is 1. The maximum atomic E-state index is 13.6. The summed E-state index contributed by atoms with van der Waals surface area (Å²) in [7, 11) is 0. The Morgan fingerprint density at radius 2 is 1.81 bits per heavy atom. The molecule has 1 N–H and O–H groups in total. The largest absolute Gasteiger partial charge is 0.385 e. The average Bonchev–Trinajstić information content (AvgIpc) is 2.64. The summed E-state index contributed by atoms with van der Waals surface area (Å²) >= 11 is 0. The van der Waals surface area contributed by atoms with Crippen molar-refractivity contribution in [1.29, 1.82) is 0 Å². The van der Waals surface area contributed by atoms with Gasteiger partial charge in [0, 0.05) is 29.6 Å². The number of aryl methyl sites for hydroxylation is 1. The minimum Gasteiger partial charge on any atom is -0.385 e. The van der Waals surface area contributed by atoms with Gasteiger partial charge in [-0.05, 0) is 61.4 Å². The summed E-state index contributed by atoms with van der Waals surface area (Å²) in [5, 5.41) is 3.29. The van der Waals surface area contributed by atoms with Gasteiger partial charge in [-0.25, -0.2) is 13.2 Å². The number of alkyl halides is 2. The van der Waals surface area contributed by atoms with Gasteiger partial charge in [0.05, 0.1) is 11.3 Å². The fourth-order valence-electron chi connectivity index (χ4n) is 2.95. The van der Waals surface area contributed by atoms with Gasteiger partial charge < -0.3 is 5.32 Å². The summed E-state index contributed by atoms with van der Waals surface area (Å²) < 4.78 is 39.7. The quantitative estimate of drug-likeness (QED) is 0.586. The highest BCUT2D eigenvalue weighted by molar-refractivity contribution is 5.82. The molecule has 1 aromatic heterocycles. The van der Waals surface area contributed by atoms with E-state index in [4.69, 9.17) is 0 Å². The molecule has 2 nitrogen and oxygen atoms in total. The van der Waals surface area contributed by atoms with Crippen molar-refractivity contribution in [1.82, 2.24) is 4.98 Å². The fraction of sp³-hybridized carbons (Fsp3) is 0.190. The van der Waals surface area contributed by atoms with E-state index in [-0.39, 0.29) is 0 Å². The molecule has 0 saturated carbocycles. The number of pyridine rings is 1. The Bertz CT molecular complexity index is 923. The zero-order chi connectivity index (χ0) is 18.7. The SMILES string of the molecule is CCNc1ccc(-c2cccnc2-c2ccc(F)c(C(F)F)c2)cc1C. The number of nitrogens with one attached hydrogen (secondary N) is 1. The van der Waals surface area contributed by atoms with Crippen LogP contribution >= 0.6 is 0 Å². The van der Waals surface area contributed by atoms with E-state index in [0.717, 1.165) is 35.0 Å². The highest BCUT2D eigenvalue weighted by Gasteiger charge is 2.17. The van der Waals surface area contributed by atoms with Gasteiger partial charge in [-0.3, -0.25) is 4.98 Å². The number of benzene rings is 2. The molecule has 0 spiro atoms. The molecule has 0 aliphatic heterocycles. The maximum Gasteiger partial charge on any atom is 0.266 e. The summed E-state index contributed by atoms with van der Waals surface area (Å²) in [4.78, 5) is 4.36. The lowest BCUT2D eigenvalue weighted by Gasteiger charge is -2.13. The van der Waals surface area contributed by atoms with E-state index in [0.29, 0.717) is 11.3 Å². The Labute approximate surface area is 150 Å². The van der Waals surface area contributed by atoms with Crippen molar-refractivity contribution in [3.05, 3.63) is 71.7 Å². The van der Waals surface area contributed by atoms with Gasteiger partial charge in [0.1, 0.15) is 5.82 Å². The van der Waals surface area contributed by atoms with Gasteiger partial charge in [0.2, 0.25) is 0 Å². The second-order valence-electron chi connectivity index (χ2n) is 6.00. The van der Waals surface area contributed by atoms with E-state index in [9.17, 15) is 13.2 Å². The van der Waals surface area contributed by atoms with Crippen LogP contribution in [0.4, 0.5) is 18.9 Å². The molecular weight excluding hydrogens is 337 g/mol. The van der Waals surface area contributed by atoms with Crippen LogP contribution in [0.2, 0.25) is 0 Å². The molecule has 0 saturated heterocycles. The standard InChI is InChI=1S/C21H19F3N2/c1-3-25-19-9-7-14(11-13(19)2)16-5-4-10-26-20(16)15-6-8-18(22)17(12-15)21(23)24/h4-12,21,25H,3H2,1-2H3. The third-order valence-corrected chi connectivity index (χ3v) is 4.22. The lowest BCUT2D eigenvalue weighted by atomic mass is 9.96. The van der Waals surface area contributed by atoms with Gasteiger partial charge in [0.25, 0.3) is 6.43 Å². The van der Waals surface area contributed by atoms with Crippen LogP contribution in [0.5, 0.6) is 0 Å². The second-order valence-corrected chi connectivity index (χ2v) is 6.00. The van der Waals surface area contributed by atoms with Crippen molar-refractivity contribution in [2.45, 2.75) is 20.3 Å². The van der Waals surface area contributed by atoms with Gasteiger partial charge in [-0.1, -0.05) is 12.1 Å². The summed E-state index contributed by atoms with van der Waals surface area (Å²) in [6.45, 7) is 4.86. The van der Waals surface area contributed by atoms with Crippen molar-refractivity contribution < 1.29 is 13.2 Å². The molecule has 26 heavy (non-hydrogen) atoms.